The van der Waals surface area contributed by atoms with Crippen LogP contribution >= 0.6 is 0 Å². The van der Waals surface area contributed by atoms with Gasteiger partial charge < -0.3 is 14.4 Å². The normalized spacial score (nSPS) is 13.0. The molecule has 3 aromatic rings. The van der Waals surface area contributed by atoms with Crippen LogP contribution in [0, 0.1) is 11.3 Å². The van der Waals surface area contributed by atoms with E-state index in [4.69, 9.17) is 9.47 Å². The van der Waals surface area contributed by atoms with Crippen LogP contribution in [0.3, 0.4) is 0 Å². The number of benzene rings is 3. The van der Waals surface area contributed by atoms with Gasteiger partial charge in [-0.05, 0) is 42.0 Å². The molecular weight excluding hydrogens is 390 g/mol. The first-order chi connectivity index (χ1) is 15.1. The van der Waals surface area contributed by atoms with E-state index in [1.165, 1.54) is 0 Å². The van der Waals surface area contributed by atoms with Crippen molar-refractivity contribution in [2.24, 2.45) is 4.99 Å². The minimum Gasteiger partial charge on any atom is -0.496 e. The van der Waals surface area contributed by atoms with Gasteiger partial charge in [-0.2, -0.15) is 5.26 Å². The summed E-state index contributed by atoms with van der Waals surface area (Å²) in [6, 6.07) is 20.9. The predicted molar refractivity (Wildman–Crippen MR) is 120 cm³/mol. The Kier molecular flexibility index (Phi) is 5.42. The lowest BCUT2D eigenvalue weighted by atomic mass is 9.94. The molecule has 4 rings (SSSR count). The Bertz CT molecular complexity index is 1220. The highest BCUT2D eigenvalue weighted by atomic mass is 16.5. The molecule has 1 amide bonds. The predicted octanol–water partition coefficient (Wildman–Crippen LogP) is 4.06. The van der Waals surface area contributed by atoms with Crippen molar-refractivity contribution in [1.29, 1.82) is 5.26 Å². The van der Waals surface area contributed by atoms with Gasteiger partial charge in [-0.1, -0.05) is 24.3 Å². The highest BCUT2D eigenvalue weighted by Crippen LogP contribution is 2.40. The maximum atomic E-state index is 12.6. The first kappa shape index (κ1) is 20.2. The van der Waals surface area contributed by atoms with E-state index in [1.807, 2.05) is 48.5 Å². The Hall–Kier alpha value is -4.11. The van der Waals surface area contributed by atoms with Crippen molar-refractivity contribution in [3.63, 3.8) is 0 Å². The summed E-state index contributed by atoms with van der Waals surface area (Å²) in [5.41, 5.74) is 5.23. The fourth-order valence-electron chi connectivity index (χ4n) is 3.76. The van der Waals surface area contributed by atoms with E-state index in [0.717, 1.165) is 27.9 Å². The van der Waals surface area contributed by atoms with Crippen molar-refractivity contribution in [3.8, 4) is 28.7 Å². The van der Waals surface area contributed by atoms with Gasteiger partial charge >= 0.3 is 0 Å². The smallest absolute Gasteiger partial charge is 0.248 e. The Morgan fingerprint density at radius 2 is 1.68 bits per heavy atom. The number of benzodiazepines with no additional fused rings is 1. The van der Waals surface area contributed by atoms with E-state index in [2.05, 4.69) is 11.1 Å². The van der Waals surface area contributed by atoms with Crippen molar-refractivity contribution in [3.05, 3.63) is 77.4 Å². The molecule has 0 unspecified atom stereocenters. The molecule has 0 aromatic heterocycles. The zero-order valence-corrected chi connectivity index (χ0v) is 17.5. The number of hydrogen-bond acceptors (Lipinski definition) is 5. The van der Waals surface area contributed by atoms with Crippen molar-refractivity contribution in [2.75, 3.05) is 32.7 Å². The number of anilines is 1. The molecule has 6 heteroatoms. The lowest BCUT2D eigenvalue weighted by Gasteiger charge is -2.20. The monoisotopic (exact) mass is 411 g/mol. The van der Waals surface area contributed by atoms with E-state index < -0.39 is 0 Å². The number of aliphatic imine (C=N–C) groups is 1. The van der Waals surface area contributed by atoms with Crippen LogP contribution in [-0.4, -0.2) is 39.4 Å². The maximum absolute atomic E-state index is 12.6. The molecule has 154 valence electrons. The summed E-state index contributed by atoms with van der Waals surface area (Å²) in [6.07, 6.45) is 0. The second-order valence-corrected chi connectivity index (χ2v) is 7.08. The molecule has 1 heterocycles. The molecule has 1 aliphatic rings. The SMILES string of the molecule is COc1cccc(OC)c1-c1ccc2c(c1)C(c1cccc(C#N)c1)=NCC(=O)N2C. The third-order valence-corrected chi connectivity index (χ3v) is 5.34. The zero-order valence-electron chi connectivity index (χ0n) is 17.5. The minimum atomic E-state index is -0.102. The summed E-state index contributed by atoms with van der Waals surface area (Å²) in [5, 5.41) is 9.32. The fourth-order valence-corrected chi connectivity index (χ4v) is 3.76. The van der Waals surface area contributed by atoms with Gasteiger partial charge in [0.1, 0.15) is 18.0 Å². The molecule has 3 aromatic carbocycles. The van der Waals surface area contributed by atoms with Crippen LogP contribution in [0.5, 0.6) is 11.5 Å². The van der Waals surface area contributed by atoms with Gasteiger partial charge in [0.25, 0.3) is 0 Å². The van der Waals surface area contributed by atoms with Crippen molar-refractivity contribution >= 4 is 17.3 Å². The average Bonchev–Trinajstić information content (AvgIpc) is 2.94. The van der Waals surface area contributed by atoms with Crippen molar-refractivity contribution in [1.82, 2.24) is 0 Å². The zero-order chi connectivity index (χ0) is 22.0. The Morgan fingerprint density at radius 1 is 0.968 bits per heavy atom. The minimum absolute atomic E-state index is 0.0323. The van der Waals surface area contributed by atoms with E-state index >= 15 is 0 Å². The number of nitriles is 1. The van der Waals surface area contributed by atoms with Crippen LogP contribution in [0.4, 0.5) is 5.69 Å². The van der Waals surface area contributed by atoms with Crippen molar-refractivity contribution < 1.29 is 14.3 Å². The molecule has 1 aliphatic heterocycles. The topological polar surface area (TPSA) is 74.9 Å². The molecule has 0 bridgehead atoms. The number of rotatable bonds is 4. The third-order valence-electron chi connectivity index (χ3n) is 5.34. The molecule has 0 fully saturated rings. The van der Waals surface area contributed by atoms with Crippen LogP contribution in [0.1, 0.15) is 16.7 Å². The second kappa shape index (κ2) is 8.33. The maximum Gasteiger partial charge on any atom is 0.248 e. The van der Waals surface area contributed by atoms with Crippen LogP contribution in [-0.2, 0) is 4.79 Å². The molecule has 0 radical (unpaired) electrons. The number of methoxy groups -OCH3 is 2. The van der Waals surface area contributed by atoms with Gasteiger partial charge in [0.2, 0.25) is 5.91 Å². The number of ether oxygens (including phenoxy) is 2. The van der Waals surface area contributed by atoms with E-state index in [0.29, 0.717) is 22.8 Å². The van der Waals surface area contributed by atoms with Crippen LogP contribution in [0.2, 0.25) is 0 Å². The first-order valence-corrected chi connectivity index (χ1v) is 9.74. The fraction of sp³-hybridized carbons (Fsp3) is 0.160. The summed E-state index contributed by atoms with van der Waals surface area (Å²) in [4.78, 5) is 18.8. The van der Waals surface area contributed by atoms with Gasteiger partial charge in [0.05, 0.1) is 42.8 Å². The molecule has 0 saturated carbocycles. The molecule has 0 aliphatic carbocycles. The van der Waals surface area contributed by atoms with Gasteiger partial charge in [0, 0.05) is 18.2 Å². The standard InChI is InChI=1S/C25H21N3O3/c1-28-20-11-10-17(24-21(30-2)8-5-9-22(24)31-3)13-19(20)25(27-15-23(28)29)18-7-4-6-16(12-18)14-26/h4-13H,15H2,1-3H3. The number of likely N-dealkylation sites (N-methyl/N-ethyl adjacent to an activating group) is 1. The van der Waals surface area contributed by atoms with Crippen molar-refractivity contribution in [2.45, 2.75) is 0 Å². The summed E-state index contributed by atoms with van der Waals surface area (Å²) in [7, 11) is 4.98. The summed E-state index contributed by atoms with van der Waals surface area (Å²) in [6.45, 7) is 0.0323. The highest BCUT2D eigenvalue weighted by molar-refractivity contribution is 6.20. The molecule has 6 nitrogen and oxygen atoms in total. The number of carbonyl (C=O) groups excluding carboxylic acids is 1. The third kappa shape index (κ3) is 3.62. The van der Waals surface area contributed by atoms with Gasteiger partial charge in [-0.15, -0.1) is 0 Å². The molecular formula is C25H21N3O3. The molecule has 0 saturated heterocycles. The largest absolute Gasteiger partial charge is 0.496 e. The first-order valence-electron chi connectivity index (χ1n) is 9.74. The average molecular weight is 411 g/mol. The molecule has 0 spiro atoms. The van der Waals surface area contributed by atoms with Crippen LogP contribution in [0.15, 0.2) is 65.7 Å². The lowest BCUT2D eigenvalue weighted by molar-refractivity contribution is -0.116. The van der Waals surface area contributed by atoms with Crippen LogP contribution in [0.25, 0.3) is 11.1 Å². The lowest BCUT2D eigenvalue weighted by Crippen LogP contribution is -2.27. The van der Waals surface area contributed by atoms with Crippen LogP contribution < -0.4 is 14.4 Å². The van der Waals surface area contributed by atoms with Gasteiger partial charge in [-0.3, -0.25) is 9.79 Å². The summed E-state index contributed by atoms with van der Waals surface area (Å²) < 4.78 is 11.2. The number of nitrogens with zero attached hydrogens (tertiary/aromatic N) is 3. The molecule has 31 heavy (non-hydrogen) atoms. The van der Waals surface area contributed by atoms with E-state index in [1.54, 1.807) is 38.3 Å². The van der Waals surface area contributed by atoms with E-state index in [-0.39, 0.29) is 12.5 Å². The summed E-state index contributed by atoms with van der Waals surface area (Å²) in [5.74, 6) is 1.26. The summed E-state index contributed by atoms with van der Waals surface area (Å²) >= 11 is 0. The highest BCUT2D eigenvalue weighted by Gasteiger charge is 2.24. The van der Waals surface area contributed by atoms with Gasteiger partial charge in [0.15, 0.2) is 0 Å². The number of fused-ring (bicyclic) bond motifs is 1. The quantitative estimate of drug-likeness (QED) is 0.649. The number of amides is 1. The number of hydrogen-bond donors (Lipinski definition) is 0. The van der Waals surface area contributed by atoms with Gasteiger partial charge in [-0.25, -0.2) is 0 Å². The Labute approximate surface area is 181 Å². The Morgan fingerprint density at radius 3 is 2.35 bits per heavy atom. The van der Waals surface area contributed by atoms with E-state index in [9.17, 15) is 10.1 Å². The molecule has 0 atom stereocenters. The molecule has 0 N–H and O–H groups in total. The second-order valence-electron chi connectivity index (χ2n) is 7.08. The Balaban J connectivity index is 1.97. The number of carbonyl (C=O) groups is 1.